The number of benzene rings is 1. The van der Waals surface area contributed by atoms with E-state index < -0.39 is 17.6 Å². The van der Waals surface area contributed by atoms with Crippen LogP contribution in [0.15, 0.2) is 18.2 Å². The third-order valence-electron chi connectivity index (χ3n) is 4.17. The van der Waals surface area contributed by atoms with Crippen LogP contribution in [-0.2, 0) is 5.41 Å². The number of halogens is 3. The highest BCUT2D eigenvalue weighted by Gasteiger charge is 2.48. The van der Waals surface area contributed by atoms with E-state index in [4.69, 9.17) is 0 Å². The summed E-state index contributed by atoms with van der Waals surface area (Å²) in [4.78, 5) is 12.1. The van der Waals surface area contributed by atoms with E-state index in [1.165, 1.54) is 0 Å². The summed E-state index contributed by atoms with van der Waals surface area (Å²) in [7, 11) is 0. The van der Waals surface area contributed by atoms with Gasteiger partial charge in [-0.05, 0) is 56.7 Å². The Morgan fingerprint density at radius 3 is 2.09 bits per heavy atom. The topological polar surface area (TPSA) is 29.1 Å². The first-order chi connectivity index (χ1) is 10.4. The number of aryl methyl sites for hydroxylation is 1. The van der Waals surface area contributed by atoms with E-state index in [1.807, 2.05) is 26.8 Å². The zero-order chi connectivity index (χ0) is 18.1. The van der Waals surface area contributed by atoms with E-state index in [0.717, 1.165) is 37.8 Å². The molecule has 0 heterocycles. The van der Waals surface area contributed by atoms with Crippen LogP contribution < -0.4 is 5.32 Å². The molecule has 1 amide bonds. The van der Waals surface area contributed by atoms with Crippen molar-refractivity contribution in [2.45, 2.75) is 71.5 Å². The molecule has 2 rings (SSSR count). The highest BCUT2D eigenvalue weighted by Crippen LogP contribution is 2.48. The minimum atomic E-state index is -4.49. The summed E-state index contributed by atoms with van der Waals surface area (Å²) in [5, 5.41) is 2.07. The maximum atomic E-state index is 12.9. The number of hydrogen-bond donors (Lipinski definition) is 1. The monoisotopic (exact) mass is 329 g/mol. The van der Waals surface area contributed by atoms with Crippen LogP contribution in [0.1, 0.15) is 68.9 Å². The molecule has 130 valence electrons. The number of carbonyl (C=O) groups is 1. The lowest BCUT2D eigenvalue weighted by atomic mass is 9.94. The van der Waals surface area contributed by atoms with Gasteiger partial charge in [-0.1, -0.05) is 32.4 Å². The molecule has 0 unspecified atom stereocenters. The summed E-state index contributed by atoms with van der Waals surface area (Å²) < 4.78 is 38.6. The predicted molar refractivity (Wildman–Crippen MR) is 86.7 cm³/mol. The molecule has 0 bridgehead atoms. The molecule has 1 aromatic rings. The fourth-order valence-corrected chi connectivity index (χ4v) is 2.17. The molecule has 0 atom stereocenters. The number of amides is 1. The molecular formula is C18H26F3NO. The molecule has 1 aliphatic carbocycles. The van der Waals surface area contributed by atoms with Crippen LogP contribution in [0.2, 0.25) is 0 Å². The second kappa shape index (κ2) is 6.54. The van der Waals surface area contributed by atoms with Gasteiger partial charge in [-0.3, -0.25) is 4.79 Å². The van der Waals surface area contributed by atoms with Gasteiger partial charge in [0.05, 0.1) is 0 Å². The average molecular weight is 329 g/mol. The average Bonchev–Trinajstić information content (AvgIpc) is 3.18. The van der Waals surface area contributed by atoms with Crippen LogP contribution in [0.3, 0.4) is 0 Å². The van der Waals surface area contributed by atoms with Gasteiger partial charge in [-0.15, -0.1) is 0 Å². The lowest BCUT2D eigenvalue weighted by Crippen LogP contribution is -2.54. The van der Waals surface area contributed by atoms with Gasteiger partial charge in [0.15, 0.2) is 0 Å². The molecule has 1 aliphatic rings. The van der Waals surface area contributed by atoms with E-state index in [1.54, 1.807) is 12.1 Å². The summed E-state index contributed by atoms with van der Waals surface area (Å²) in [6, 6.07) is 5.33. The van der Waals surface area contributed by atoms with Crippen LogP contribution in [0, 0.1) is 6.92 Å². The Morgan fingerprint density at radius 2 is 1.65 bits per heavy atom. The summed E-state index contributed by atoms with van der Waals surface area (Å²) in [5.41, 5.74) is 0.0152. The van der Waals surface area contributed by atoms with Crippen molar-refractivity contribution >= 4 is 5.91 Å². The normalized spacial score (nSPS) is 16.2. The standard InChI is InChI=1S/C16H20F3NO.C2H6/c1-10-7-11(9-12(8-10)15(4)5-6-15)13(21)20-14(2,3)16(17,18)19;1-2/h7-9H,5-6H2,1-4H3,(H,20,21);1-2H3. The highest BCUT2D eigenvalue weighted by atomic mass is 19.4. The van der Waals surface area contributed by atoms with Gasteiger partial charge in [0, 0.05) is 5.56 Å². The Kier molecular flexibility index (Phi) is 5.55. The molecule has 1 saturated carbocycles. The summed E-state index contributed by atoms with van der Waals surface area (Å²) >= 11 is 0. The van der Waals surface area contributed by atoms with Gasteiger partial charge in [-0.2, -0.15) is 13.2 Å². The van der Waals surface area contributed by atoms with Crippen LogP contribution in [0.4, 0.5) is 13.2 Å². The lowest BCUT2D eigenvalue weighted by Gasteiger charge is -2.29. The van der Waals surface area contributed by atoms with Crippen molar-refractivity contribution in [1.29, 1.82) is 0 Å². The second-order valence-electron chi connectivity index (χ2n) is 6.73. The maximum absolute atomic E-state index is 12.9. The van der Waals surface area contributed by atoms with Crippen molar-refractivity contribution < 1.29 is 18.0 Å². The third-order valence-corrected chi connectivity index (χ3v) is 4.17. The summed E-state index contributed by atoms with van der Waals surface area (Å²) in [6.07, 6.45) is -2.39. The first-order valence-corrected chi connectivity index (χ1v) is 7.96. The molecule has 0 saturated heterocycles. The van der Waals surface area contributed by atoms with Crippen molar-refractivity contribution in [1.82, 2.24) is 5.32 Å². The smallest absolute Gasteiger partial charge is 0.338 e. The SMILES string of the molecule is CC.Cc1cc(C(=O)NC(C)(C)C(F)(F)F)cc(C2(C)CC2)c1. The second-order valence-corrected chi connectivity index (χ2v) is 6.73. The molecule has 0 aliphatic heterocycles. The lowest BCUT2D eigenvalue weighted by molar-refractivity contribution is -0.182. The van der Waals surface area contributed by atoms with Gasteiger partial charge in [-0.25, -0.2) is 0 Å². The van der Waals surface area contributed by atoms with Gasteiger partial charge in [0.25, 0.3) is 5.91 Å². The maximum Gasteiger partial charge on any atom is 0.410 e. The molecule has 1 N–H and O–H groups in total. The number of rotatable bonds is 3. The van der Waals surface area contributed by atoms with Crippen LogP contribution >= 0.6 is 0 Å². The van der Waals surface area contributed by atoms with Gasteiger partial charge >= 0.3 is 6.18 Å². The molecule has 23 heavy (non-hydrogen) atoms. The van der Waals surface area contributed by atoms with Crippen molar-refractivity contribution in [3.63, 3.8) is 0 Å². The molecule has 1 aromatic carbocycles. The van der Waals surface area contributed by atoms with Gasteiger partial charge in [0.1, 0.15) is 5.54 Å². The minimum Gasteiger partial charge on any atom is -0.338 e. The van der Waals surface area contributed by atoms with Crippen molar-refractivity contribution in [3.05, 3.63) is 34.9 Å². The summed E-state index contributed by atoms with van der Waals surface area (Å²) in [6.45, 7) is 9.87. The Hall–Kier alpha value is -1.52. The number of nitrogens with one attached hydrogen (secondary N) is 1. The Morgan fingerprint density at radius 1 is 1.13 bits per heavy atom. The molecule has 0 radical (unpaired) electrons. The molecule has 1 fully saturated rings. The zero-order valence-corrected chi connectivity index (χ0v) is 14.7. The Bertz CT molecular complexity index is 572. The van der Waals surface area contributed by atoms with Gasteiger partial charge in [0.2, 0.25) is 0 Å². The first kappa shape index (κ1) is 19.5. The van der Waals surface area contributed by atoms with Crippen LogP contribution in [0.5, 0.6) is 0 Å². The minimum absolute atomic E-state index is 0.0700. The van der Waals surface area contributed by atoms with Crippen molar-refractivity contribution in [2.24, 2.45) is 0 Å². The van der Waals surface area contributed by atoms with E-state index >= 15 is 0 Å². The van der Waals surface area contributed by atoms with Gasteiger partial charge < -0.3 is 5.32 Å². The zero-order valence-electron chi connectivity index (χ0n) is 14.7. The van der Waals surface area contributed by atoms with Crippen LogP contribution in [0.25, 0.3) is 0 Å². The fraction of sp³-hybridized carbons (Fsp3) is 0.611. The molecule has 0 aromatic heterocycles. The highest BCUT2D eigenvalue weighted by molar-refractivity contribution is 5.95. The Balaban J connectivity index is 0.00000127. The largest absolute Gasteiger partial charge is 0.410 e. The van der Waals surface area contributed by atoms with E-state index in [2.05, 4.69) is 12.2 Å². The summed E-state index contributed by atoms with van der Waals surface area (Å²) in [5.74, 6) is -0.688. The van der Waals surface area contributed by atoms with Crippen molar-refractivity contribution in [2.75, 3.05) is 0 Å². The number of carbonyl (C=O) groups excluding carboxylic acids is 1. The third kappa shape index (κ3) is 4.49. The molecule has 5 heteroatoms. The first-order valence-electron chi connectivity index (χ1n) is 7.96. The fourth-order valence-electron chi connectivity index (χ4n) is 2.17. The van der Waals surface area contributed by atoms with E-state index in [0.29, 0.717) is 0 Å². The van der Waals surface area contributed by atoms with Crippen LogP contribution in [-0.4, -0.2) is 17.6 Å². The molecule has 2 nitrogen and oxygen atoms in total. The van der Waals surface area contributed by atoms with E-state index in [9.17, 15) is 18.0 Å². The number of hydrogen-bond acceptors (Lipinski definition) is 1. The molecule has 0 spiro atoms. The predicted octanol–water partition coefficient (Wildman–Crippen LogP) is 5.14. The number of alkyl halides is 3. The van der Waals surface area contributed by atoms with E-state index in [-0.39, 0.29) is 11.0 Å². The molecular weight excluding hydrogens is 303 g/mol. The Labute approximate surface area is 136 Å². The quantitative estimate of drug-likeness (QED) is 0.817. The van der Waals surface area contributed by atoms with Crippen molar-refractivity contribution in [3.8, 4) is 0 Å².